The molecule has 6 heteroatoms. The van der Waals surface area contributed by atoms with E-state index in [4.69, 9.17) is 9.97 Å². The van der Waals surface area contributed by atoms with Gasteiger partial charge in [-0.05, 0) is 94.1 Å². The number of benzene rings is 3. The molecule has 0 bridgehead atoms. The summed E-state index contributed by atoms with van der Waals surface area (Å²) in [6.45, 7) is 12.1. The van der Waals surface area contributed by atoms with Gasteiger partial charge >= 0.3 is 0 Å². The van der Waals surface area contributed by atoms with E-state index in [0.717, 1.165) is 65.3 Å². The van der Waals surface area contributed by atoms with E-state index in [1.165, 1.54) is 23.4 Å². The van der Waals surface area contributed by atoms with E-state index in [0.29, 0.717) is 18.9 Å². The van der Waals surface area contributed by atoms with Crippen LogP contribution in [0.5, 0.6) is 0 Å². The number of rotatable bonds is 9. The Hall–Kier alpha value is -4.06. The Morgan fingerprint density at radius 3 is 2.46 bits per heavy atom. The molecule has 200 valence electrons. The minimum Gasteiger partial charge on any atom is -0.352 e. The number of anilines is 1. The molecule has 1 aliphatic heterocycles. The van der Waals surface area contributed by atoms with E-state index in [-0.39, 0.29) is 11.6 Å². The molecule has 2 heterocycles. The summed E-state index contributed by atoms with van der Waals surface area (Å²) in [6.07, 6.45) is 2.90. The standard InChI is InChI=1S/C33H35FN4O/c1-22-9-16-29(17-10-22)37-20-23(2)38(21-37)25(4)27-13-18-30-32(19-27)35-31(8-6-5-7-24(3)39)33(36-30)26-11-14-28(34)15-12-26/h9-19,23H,4-8,20-21H2,1-3H3. The Kier molecular flexibility index (Phi) is 7.73. The summed E-state index contributed by atoms with van der Waals surface area (Å²) in [6, 6.07) is 21.5. The van der Waals surface area contributed by atoms with Crippen LogP contribution in [-0.2, 0) is 11.2 Å². The monoisotopic (exact) mass is 522 g/mol. The molecule has 3 aromatic carbocycles. The zero-order chi connectivity index (χ0) is 27.5. The summed E-state index contributed by atoms with van der Waals surface area (Å²) in [7, 11) is 0. The highest BCUT2D eigenvalue weighted by atomic mass is 19.1. The first-order valence-electron chi connectivity index (χ1n) is 13.6. The highest BCUT2D eigenvalue weighted by molar-refractivity contribution is 5.82. The van der Waals surface area contributed by atoms with Crippen molar-refractivity contribution < 1.29 is 9.18 Å². The van der Waals surface area contributed by atoms with Gasteiger partial charge in [0.2, 0.25) is 0 Å². The van der Waals surface area contributed by atoms with Gasteiger partial charge in [0.15, 0.2) is 0 Å². The summed E-state index contributed by atoms with van der Waals surface area (Å²) in [4.78, 5) is 26.1. The molecular weight excluding hydrogens is 487 g/mol. The van der Waals surface area contributed by atoms with Crippen LogP contribution in [0.4, 0.5) is 10.1 Å². The van der Waals surface area contributed by atoms with E-state index in [9.17, 15) is 9.18 Å². The molecule has 0 radical (unpaired) electrons. The lowest BCUT2D eigenvalue weighted by Gasteiger charge is -2.26. The number of fused-ring (bicyclic) bond motifs is 1. The number of hydrogen-bond acceptors (Lipinski definition) is 5. The predicted octanol–water partition coefficient (Wildman–Crippen LogP) is 7.19. The fraction of sp³-hybridized carbons (Fsp3) is 0.303. The minimum atomic E-state index is -0.282. The lowest BCUT2D eigenvalue weighted by atomic mass is 10.0. The van der Waals surface area contributed by atoms with Crippen molar-refractivity contribution in [2.24, 2.45) is 0 Å². The van der Waals surface area contributed by atoms with E-state index in [2.05, 4.69) is 66.6 Å². The van der Waals surface area contributed by atoms with Gasteiger partial charge in [0.05, 0.1) is 29.1 Å². The molecule has 0 N–H and O–H groups in total. The number of Topliss-reactive ketones (excluding diaryl/α,β-unsaturated/α-hetero) is 1. The molecule has 1 unspecified atom stereocenters. The van der Waals surface area contributed by atoms with Crippen LogP contribution in [0.1, 0.15) is 49.9 Å². The molecule has 0 spiro atoms. The van der Waals surface area contributed by atoms with E-state index >= 15 is 0 Å². The van der Waals surface area contributed by atoms with Gasteiger partial charge in [0, 0.05) is 36.0 Å². The van der Waals surface area contributed by atoms with Crippen molar-refractivity contribution >= 4 is 28.2 Å². The molecule has 1 atom stereocenters. The van der Waals surface area contributed by atoms with Crippen LogP contribution in [0, 0.1) is 12.7 Å². The van der Waals surface area contributed by atoms with Crippen LogP contribution in [0.25, 0.3) is 28.0 Å². The number of aromatic nitrogens is 2. The highest BCUT2D eigenvalue weighted by Gasteiger charge is 2.28. The van der Waals surface area contributed by atoms with Gasteiger partial charge in [-0.3, -0.25) is 0 Å². The van der Waals surface area contributed by atoms with E-state index in [1.807, 2.05) is 6.07 Å². The number of halogens is 1. The fourth-order valence-corrected chi connectivity index (χ4v) is 5.21. The Balaban J connectivity index is 1.42. The van der Waals surface area contributed by atoms with Gasteiger partial charge < -0.3 is 14.6 Å². The van der Waals surface area contributed by atoms with Crippen molar-refractivity contribution in [1.82, 2.24) is 14.9 Å². The van der Waals surface area contributed by atoms with Crippen molar-refractivity contribution in [1.29, 1.82) is 0 Å². The van der Waals surface area contributed by atoms with Gasteiger partial charge in [0.25, 0.3) is 0 Å². The van der Waals surface area contributed by atoms with Crippen LogP contribution >= 0.6 is 0 Å². The summed E-state index contributed by atoms with van der Waals surface area (Å²) < 4.78 is 13.6. The zero-order valence-electron chi connectivity index (χ0n) is 23.0. The fourth-order valence-electron chi connectivity index (χ4n) is 5.21. The van der Waals surface area contributed by atoms with E-state index in [1.54, 1.807) is 19.1 Å². The van der Waals surface area contributed by atoms with Gasteiger partial charge in [-0.25, -0.2) is 14.4 Å². The molecule has 5 nitrogen and oxygen atoms in total. The number of aryl methyl sites for hydroxylation is 2. The van der Waals surface area contributed by atoms with Crippen LogP contribution in [0.2, 0.25) is 0 Å². The van der Waals surface area contributed by atoms with Gasteiger partial charge in [-0.15, -0.1) is 0 Å². The largest absolute Gasteiger partial charge is 0.352 e. The lowest BCUT2D eigenvalue weighted by molar-refractivity contribution is -0.117. The first-order valence-corrected chi connectivity index (χ1v) is 13.6. The SMILES string of the molecule is C=C(c1ccc2nc(-c3ccc(F)cc3)c(CCCCC(C)=O)nc2c1)N1CN(c2ccc(C)cc2)CC1C. The molecule has 1 saturated heterocycles. The number of ketones is 1. The average Bonchev–Trinajstić information content (AvgIpc) is 3.32. The molecule has 0 saturated carbocycles. The average molecular weight is 523 g/mol. The van der Waals surface area contributed by atoms with Gasteiger partial charge in [-0.1, -0.05) is 30.3 Å². The minimum absolute atomic E-state index is 0.193. The molecular formula is C33H35FN4O. The van der Waals surface area contributed by atoms with Crippen LogP contribution < -0.4 is 4.90 Å². The number of carbonyl (C=O) groups excluding carboxylic acids is 1. The second-order valence-corrected chi connectivity index (χ2v) is 10.6. The third kappa shape index (κ3) is 6.00. The second-order valence-electron chi connectivity index (χ2n) is 10.6. The first-order chi connectivity index (χ1) is 18.8. The first kappa shape index (κ1) is 26.5. The van der Waals surface area contributed by atoms with Crippen molar-refractivity contribution in [2.45, 2.75) is 52.5 Å². The maximum Gasteiger partial charge on any atom is 0.129 e. The van der Waals surface area contributed by atoms with Crippen LogP contribution in [0.3, 0.4) is 0 Å². The normalized spacial score (nSPS) is 15.2. The molecule has 4 aromatic rings. The lowest BCUT2D eigenvalue weighted by Crippen LogP contribution is -2.26. The summed E-state index contributed by atoms with van der Waals surface area (Å²) in [5.74, 6) is -0.0886. The van der Waals surface area contributed by atoms with Crippen molar-refractivity contribution in [3.05, 3.63) is 95.9 Å². The van der Waals surface area contributed by atoms with Gasteiger partial charge in [0.1, 0.15) is 11.6 Å². The third-order valence-corrected chi connectivity index (χ3v) is 7.47. The van der Waals surface area contributed by atoms with Crippen LogP contribution in [-0.4, -0.2) is 39.9 Å². The van der Waals surface area contributed by atoms with Crippen molar-refractivity contribution in [3.8, 4) is 11.3 Å². The Labute approximate surface area is 230 Å². The van der Waals surface area contributed by atoms with Gasteiger partial charge in [-0.2, -0.15) is 0 Å². The topological polar surface area (TPSA) is 49.3 Å². The number of hydrogen-bond donors (Lipinski definition) is 0. The zero-order valence-corrected chi connectivity index (χ0v) is 23.0. The third-order valence-electron chi connectivity index (χ3n) is 7.47. The highest BCUT2D eigenvalue weighted by Crippen LogP contribution is 2.31. The smallest absolute Gasteiger partial charge is 0.129 e. The molecule has 5 rings (SSSR count). The molecule has 0 aliphatic carbocycles. The molecule has 39 heavy (non-hydrogen) atoms. The molecule has 1 aromatic heterocycles. The van der Waals surface area contributed by atoms with Crippen LogP contribution in [0.15, 0.2) is 73.3 Å². The maximum atomic E-state index is 13.6. The number of unbranched alkanes of at least 4 members (excludes halogenated alkanes) is 1. The molecule has 0 amide bonds. The number of nitrogens with zero attached hydrogens (tertiary/aromatic N) is 4. The summed E-state index contributed by atoms with van der Waals surface area (Å²) in [5.41, 5.74) is 8.51. The Morgan fingerprint density at radius 1 is 1.00 bits per heavy atom. The van der Waals surface area contributed by atoms with Crippen molar-refractivity contribution in [3.63, 3.8) is 0 Å². The number of carbonyl (C=O) groups is 1. The Morgan fingerprint density at radius 2 is 1.74 bits per heavy atom. The molecule has 1 fully saturated rings. The van der Waals surface area contributed by atoms with Crippen molar-refractivity contribution in [2.75, 3.05) is 18.1 Å². The maximum absolute atomic E-state index is 13.6. The second kappa shape index (κ2) is 11.4. The summed E-state index contributed by atoms with van der Waals surface area (Å²) in [5, 5.41) is 0. The molecule has 1 aliphatic rings. The Bertz CT molecular complexity index is 1500. The quantitative estimate of drug-likeness (QED) is 0.218. The predicted molar refractivity (Wildman–Crippen MR) is 157 cm³/mol. The summed E-state index contributed by atoms with van der Waals surface area (Å²) >= 11 is 0. The van der Waals surface area contributed by atoms with E-state index < -0.39 is 0 Å².